The molecular formula is C30H45NO6S2. The SMILES string of the molecule is CC[C@@H](NC(=O)C[C@@H](C)[C@H]1CC[C@H]2[C@@H]3[C@H](O)C[C@@H]4CC(=O)CC[C@]4(C)[C@H]3CC[C@]12C)c1ccc(S(=O)(=O)O)s1. The first-order valence-corrected chi connectivity index (χ1v) is 17.1. The van der Waals surface area contributed by atoms with Crippen molar-refractivity contribution in [1.82, 2.24) is 5.32 Å². The second-order valence-corrected chi connectivity index (χ2v) is 16.4. The Hall–Kier alpha value is -1.29. The third kappa shape index (κ3) is 5.15. The summed E-state index contributed by atoms with van der Waals surface area (Å²) in [6.45, 7) is 8.94. The molecule has 4 aliphatic rings. The summed E-state index contributed by atoms with van der Waals surface area (Å²) in [7, 11) is -4.25. The molecule has 0 spiro atoms. The van der Waals surface area contributed by atoms with Crippen molar-refractivity contribution in [3.8, 4) is 0 Å². The van der Waals surface area contributed by atoms with E-state index in [2.05, 4.69) is 26.1 Å². The third-order valence-corrected chi connectivity index (χ3v) is 14.2. The van der Waals surface area contributed by atoms with Crippen molar-refractivity contribution in [2.24, 2.45) is 46.3 Å². The summed E-state index contributed by atoms with van der Waals surface area (Å²) < 4.78 is 32.2. The topological polar surface area (TPSA) is 121 Å². The van der Waals surface area contributed by atoms with E-state index in [1.165, 1.54) is 6.07 Å². The van der Waals surface area contributed by atoms with Crippen LogP contribution >= 0.6 is 11.3 Å². The Labute approximate surface area is 237 Å². The van der Waals surface area contributed by atoms with Gasteiger partial charge in [0.05, 0.1) is 12.1 Å². The van der Waals surface area contributed by atoms with Crippen molar-refractivity contribution in [2.75, 3.05) is 0 Å². The van der Waals surface area contributed by atoms with E-state index in [0.29, 0.717) is 55.1 Å². The first-order valence-electron chi connectivity index (χ1n) is 14.8. The highest BCUT2D eigenvalue weighted by atomic mass is 32.3. The summed E-state index contributed by atoms with van der Waals surface area (Å²) in [5, 5.41) is 14.5. The van der Waals surface area contributed by atoms with Gasteiger partial charge in [-0.15, -0.1) is 11.3 Å². The van der Waals surface area contributed by atoms with Crippen LogP contribution in [0.3, 0.4) is 0 Å². The average Bonchev–Trinajstić information content (AvgIpc) is 3.48. The molecule has 3 N–H and O–H groups in total. The minimum atomic E-state index is -4.25. The number of thiophene rings is 1. The van der Waals surface area contributed by atoms with Gasteiger partial charge in [0, 0.05) is 24.1 Å². The maximum Gasteiger partial charge on any atom is 0.304 e. The normalized spacial score (nSPS) is 39.8. The lowest BCUT2D eigenvalue weighted by atomic mass is 9.44. The van der Waals surface area contributed by atoms with Gasteiger partial charge in [-0.3, -0.25) is 14.1 Å². The number of hydrogen-bond donors (Lipinski definition) is 3. The molecule has 1 heterocycles. The van der Waals surface area contributed by atoms with E-state index in [0.717, 1.165) is 54.7 Å². The minimum Gasteiger partial charge on any atom is -0.393 e. The Kier molecular flexibility index (Phi) is 7.88. The van der Waals surface area contributed by atoms with Crippen LogP contribution in [-0.4, -0.2) is 35.9 Å². The van der Waals surface area contributed by atoms with Crippen molar-refractivity contribution >= 4 is 33.1 Å². The number of carbonyl (C=O) groups is 2. The van der Waals surface area contributed by atoms with Crippen LogP contribution in [0.4, 0.5) is 0 Å². The molecule has 5 rings (SSSR count). The van der Waals surface area contributed by atoms with Gasteiger partial charge in [-0.1, -0.05) is 27.7 Å². The predicted molar refractivity (Wildman–Crippen MR) is 151 cm³/mol. The molecule has 4 aliphatic carbocycles. The fourth-order valence-corrected chi connectivity index (χ4v) is 11.5. The second-order valence-electron chi connectivity index (χ2n) is 13.6. The zero-order valence-electron chi connectivity index (χ0n) is 23.7. The van der Waals surface area contributed by atoms with Crippen molar-refractivity contribution in [3.63, 3.8) is 0 Å². The summed E-state index contributed by atoms with van der Waals surface area (Å²) in [6, 6.07) is 2.76. The molecule has 4 saturated carbocycles. The number of ketones is 1. The van der Waals surface area contributed by atoms with Gasteiger partial charge in [0.1, 0.15) is 9.99 Å². The number of carbonyl (C=O) groups excluding carboxylic acids is 2. The van der Waals surface area contributed by atoms with Gasteiger partial charge in [-0.05, 0) is 103 Å². The molecule has 10 atom stereocenters. The Bertz CT molecular complexity index is 1210. The zero-order valence-corrected chi connectivity index (χ0v) is 25.3. The summed E-state index contributed by atoms with van der Waals surface area (Å²) in [6.07, 6.45) is 8.10. The number of aliphatic hydroxyl groups excluding tert-OH is 1. The number of hydrogen-bond acceptors (Lipinski definition) is 6. The number of amides is 1. The number of aliphatic hydroxyl groups is 1. The highest BCUT2D eigenvalue weighted by Crippen LogP contribution is 2.68. The van der Waals surface area contributed by atoms with E-state index in [4.69, 9.17) is 0 Å². The van der Waals surface area contributed by atoms with Gasteiger partial charge in [-0.25, -0.2) is 0 Å². The molecule has 0 unspecified atom stereocenters. The Morgan fingerprint density at radius 3 is 2.54 bits per heavy atom. The van der Waals surface area contributed by atoms with Gasteiger partial charge in [0.15, 0.2) is 0 Å². The van der Waals surface area contributed by atoms with Gasteiger partial charge < -0.3 is 10.4 Å². The van der Waals surface area contributed by atoms with Gasteiger partial charge in [0.2, 0.25) is 5.91 Å². The van der Waals surface area contributed by atoms with Crippen LogP contribution in [0.25, 0.3) is 0 Å². The molecule has 7 nitrogen and oxygen atoms in total. The number of Topliss-reactive ketones (excluding diaryl/α,β-unsaturated/α-hetero) is 1. The van der Waals surface area contributed by atoms with E-state index < -0.39 is 10.1 Å². The van der Waals surface area contributed by atoms with E-state index in [-0.39, 0.29) is 44.9 Å². The molecule has 1 amide bonds. The predicted octanol–water partition coefficient (Wildman–Crippen LogP) is 5.79. The monoisotopic (exact) mass is 579 g/mol. The van der Waals surface area contributed by atoms with Gasteiger partial charge in [0.25, 0.3) is 0 Å². The molecule has 1 aromatic heterocycles. The van der Waals surface area contributed by atoms with Gasteiger partial charge in [-0.2, -0.15) is 8.42 Å². The average molecular weight is 580 g/mol. The van der Waals surface area contributed by atoms with Crippen LogP contribution in [0.15, 0.2) is 16.3 Å². The lowest BCUT2D eigenvalue weighted by Crippen LogP contribution is -2.58. The fraction of sp³-hybridized carbons (Fsp3) is 0.800. The van der Waals surface area contributed by atoms with Crippen LogP contribution in [0.1, 0.15) is 103 Å². The van der Waals surface area contributed by atoms with E-state index >= 15 is 0 Å². The lowest BCUT2D eigenvalue weighted by molar-refractivity contribution is -0.169. The number of nitrogens with one attached hydrogen (secondary N) is 1. The molecule has 9 heteroatoms. The summed E-state index contributed by atoms with van der Waals surface area (Å²) in [5.41, 5.74) is 0.243. The molecule has 4 fully saturated rings. The van der Waals surface area contributed by atoms with Crippen LogP contribution in [0.2, 0.25) is 0 Å². The lowest BCUT2D eigenvalue weighted by Gasteiger charge is -2.61. The van der Waals surface area contributed by atoms with E-state index in [9.17, 15) is 27.7 Å². The highest BCUT2D eigenvalue weighted by molar-refractivity contribution is 7.88. The highest BCUT2D eigenvalue weighted by Gasteiger charge is 2.63. The van der Waals surface area contributed by atoms with E-state index in [1.54, 1.807) is 6.07 Å². The molecule has 1 aromatic rings. The molecule has 218 valence electrons. The molecule has 39 heavy (non-hydrogen) atoms. The molecule has 0 aliphatic heterocycles. The maximum absolute atomic E-state index is 13.2. The maximum atomic E-state index is 13.2. The summed E-state index contributed by atoms with van der Waals surface area (Å²) >= 11 is 0.996. The first kappa shape index (κ1) is 29.2. The van der Waals surface area contributed by atoms with Crippen molar-refractivity contribution in [2.45, 2.75) is 108 Å². The molecule has 0 bridgehead atoms. The van der Waals surface area contributed by atoms with Gasteiger partial charge >= 0.3 is 10.1 Å². The zero-order chi connectivity index (χ0) is 28.3. The smallest absolute Gasteiger partial charge is 0.304 e. The first-order chi connectivity index (χ1) is 18.3. The Morgan fingerprint density at radius 2 is 1.87 bits per heavy atom. The number of rotatable bonds is 7. The van der Waals surface area contributed by atoms with Crippen LogP contribution in [-0.2, 0) is 19.7 Å². The van der Waals surface area contributed by atoms with Crippen LogP contribution in [0, 0.1) is 46.3 Å². The van der Waals surface area contributed by atoms with Crippen molar-refractivity contribution in [1.29, 1.82) is 0 Å². The number of fused-ring (bicyclic) bond motifs is 5. The largest absolute Gasteiger partial charge is 0.393 e. The Balaban J connectivity index is 1.26. The second kappa shape index (κ2) is 10.5. The standard InChI is InChI=1S/C30H45NO6S2/c1-5-23(25-8-9-27(38-25)39(35,36)37)31-26(34)14-17(2)20-6-7-21-28-22(11-13-30(20,21)4)29(3)12-10-19(32)15-18(29)16-24(28)33/h8-9,17-18,20-24,28,33H,5-7,10-16H2,1-4H3,(H,31,34)(H,35,36,37)/t17-,18+,20-,21+,22+,23-,24-,28+,29+,30-/m1/s1. The summed E-state index contributed by atoms with van der Waals surface area (Å²) in [4.78, 5) is 26.1. The third-order valence-electron chi connectivity index (χ3n) is 11.7. The molecule has 0 saturated heterocycles. The molecular weight excluding hydrogens is 534 g/mol. The molecule has 0 radical (unpaired) electrons. The minimum absolute atomic E-state index is 0.0307. The fourth-order valence-electron chi connectivity index (χ4n) is 9.71. The van der Waals surface area contributed by atoms with Crippen molar-refractivity contribution in [3.05, 3.63) is 17.0 Å². The van der Waals surface area contributed by atoms with Crippen molar-refractivity contribution < 1.29 is 27.7 Å². The summed E-state index contributed by atoms with van der Waals surface area (Å²) in [5.74, 6) is 2.45. The quantitative estimate of drug-likeness (QED) is 0.352. The Morgan fingerprint density at radius 1 is 1.15 bits per heavy atom. The van der Waals surface area contributed by atoms with Crippen LogP contribution in [0.5, 0.6) is 0 Å². The molecule has 0 aromatic carbocycles. The van der Waals surface area contributed by atoms with E-state index in [1.807, 2.05) is 6.92 Å². The van der Waals surface area contributed by atoms with Crippen LogP contribution < -0.4 is 5.32 Å².